The normalized spacial score (nSPS) is 22.7. The van der Waals surface area contributed by atoms with Gasteiger partial charge in [0.05, 0.1) is 0 Å². The first-order valence-corrected chi connectivity index (χ1v) is 9.25. The van der Waals surface area contributed by atoms with E-state index in [4.69, 9.17) is 9.97 Å². The third-order valence-corrected chi connectivity index (χ3v) is 5.17. The quantitative estimate of drug-likeness (QED) is 0.911. The lowest BCUT2D eigenvalue weighted by Gasteiger charge is -2.26. The number of nitrogens with one attached hydrogen (secondary N) is 1. The molecular weight excluding hydrogens is 288 g/mol. The number of hydrogen-bond donors (Lipinski definition) is 1. The minimum Gasteiger partial charge on any atom is -0.356 e. The van der Waals surface area contributed by atoms with Gasteiger partial charge in [-0.3, -0.25) is 0 Å². The summed E-state index contributed by atoms with van der Waals surface area (Å²) in [6.45, 7) is 8.75. The first-order valence-electron chi connectivity index (χ1n) is 9.25. The molecule has 0 spiro atoms. The highest BCUT2D eigenvalue weighted by atomic mass is 15.3. The summed E-state index contributed by atoms with van der Waals surface area (Å²) >= 11 is 0. The summed E-state index contributed by atoms with van der Waals surface area (Å²) in [6.07, 6.45) is 6.28. The van der Waals surface area contributed by atoms with Gasteiger partial charge in [0.1, 0.15) is 11.6 Å². The van der Waals surface area contributed by atoms with E-state index in [2.05, 4.69) is 26.1 Å². The third-order valence-electron chi connectivity index (χ3n) is 5.17. The van der Waals surface area contributed by atoms with Crippen LogP contribution in [0.1, 0.15) is 32.1 Å². The van der Waals surface area contributed by atoms with Gasteiger partial charge in [0.25, 0.3) is 0 Å². The SMILES string of the molecule is c1c(N2CCCC2)nc(N2CCCC2)nc1N1CCCNCC1. The van der Waals surface area contributed by atoms with Crippen molar-refractivity contribution in [3.8, 4) is 0 Å². The highest BCUT2D eigenvalue weighted by Gasteiger charge is 2.22. The van der Waals surface area contributed by atoms with Gasteiger partial charge in [-0.2, -0.15) is 9.97 Å². The van der Waals surface area contributed by atoms with Crippen molar-refractivity contribution in [2.75, 3.05) is 67.1 Å². The summed E-state index contributed by atoms with van der Waals surface area (Å²) in [5.74, 6) is 3.19. The van der Waals surface area contributed by atoms with Crippen molar-refractivity contribution < 1.29 is 0 Å². The third kappa shape index (κ3) is 3.37. The molecule has 0 amide bonds. The van der Waals surface area contributed by atoms with Gasteiger partial charge in [-0.15, -0.1) is 0 Å². The lowest BCUT2D eigenvalue weighted by molar-refractivity contribution is 0.724. The Hall–Kier alpha value is -1.56. The van der Waals surface area contributed by atoms with E-state index in [1.165, 1.54) is 32.1 Å². The molecule has 0 unspecified atom stereocenters. The van der Waals surface area contributed by atoms with Crippen LogP contribution in [0.3, 0.4) is 0 Å². The first kappa shape index (κ1) is 15.0. The average molecular weight is 316 g/mol. The Labute approximate surface area is 138 Å². The molecule has 3 aliphatic rings. The van der Waals surface area contributed by atoms with E-state index in [0.29, 0.717) is 0 Å². The molecule has 1 aromatic heterocycles. The van der Waals surface area contributed by atoms with Crippen LogP contribution in [0.15, 0.2) is 6.07 Å². The van der Waals surface area contributed by atoms with Crippen LogP contribution in [0.4, 0.5) is 17.6 Å². The van der Waals surface area contributed by atoms with Crippen LogP contribution in [-0.4, -0.2) is 62.3 Å². The zero-order valence-electron chi connectivity index (χ0n) is 14.0. The fraction of sp³-hybridized carbons (Fsp3) is 0.765. The van der Waals surface area contributed by atoms with E-state index in [9.17, 15) is 0 Å². The van der Waals surface area contributed by atoms with E-state index < -0.39 is 0 Å². The Kier molecular flexibility index (Phi) is 4.50. The highest BCUT2D eigenvalue weighted by molar-refractivity contribution is 5.56. The molecule has 3 aliphatic heterocycles. The Morgan fingerprint density at radius 2 is 1.22 bits per heavy atom. The van der Waals surface area contributed by atoms with E-state index in [0.717, 1.165) is 69.9 Å². The molecule has 126 valence electrons. The Morgan fingerprint density at radius 3 is 1.91 bits per heavy atom. The van der Waals surface area contributed by atoms with Gasteiger partial charge >= 0.3 is 0 Å². The van der Waals surface area contributed by atoms with E-state index in [1.807, 2.05) is 0 Å². The van der Waals surface area contributed by atoms with Gasteiger partial charge in [0.2, 0.25) is 5.95 Å². The van der Waals surface area contributed by atoms with Crippen LogP contribution in [-0.2, 0) is 0 Å². The smallest absolute Gasteiger partial charge is 0.229 e. The van der Waals surface area contributed by atoms with Gasteiger partial charge in [-0.25, -0.2) is 0 Å². The van der Waals surface area contributed by atoms with Crippen molar-refractivity contribution in [1.29, 1.82) is 0 Å². The molecule has 3 saturated heterocycles. The predicted molar refractivity (Wildman–Crippen MR) is 94.6 cm³/mol. The van der Waals surface area contributed by atoms with Crippen LogP contribution in [0, 0.1) is 0 Å². The molecule has 0 saturated carbocycles. The molecule has 1 aromatic rings. The molecule has 0 aliphatic carbocycles. The second-order valence-corrected chi connectivity index (χ2v) is 6.86. The summed E-state index contributed by atoms with van der Waals surface area (Å²) < 4.78 is 0. The van der Waals surface area contributed by atoms with Gasteiger partial charge in [-0.1, -0.05) is 0 Å². The number of aromatic nitrogens is 2. The maximum atomic E-state index is 4.94. The monoisotopic (exact) mass is 316 g/mol. The molecule has 0 aromatic carbocycles. The molecule has 23 heavy (non-hydrogen) atoms. The molecule has 4 heterocycles. The Bertz CT molecular complexity index is 480. The van der Waals surface area contributed by atoms with E-state index >= 15 is 0 Å². The maximum absolute atomic E-state index is 4.94. The van der Waals surface area contributed by atoms with Gasteiger partial charge in [-0.05, 0) is 38.6 Å². The lowest BCUT2D eigenvalue weighted by Crippen LogP contribution is -2.31. The summed E-state index contributed by atoms with van der Waals surface area (Å²) in [6, 6.07) is 2.22. The predicted octanol–water partition coefficient (Wildman–Crippen LogP) is 1.48. The van der Waals surface area contributed by atoms with Gasteiger partial charge in [0.15, 0.2) is 0 Å². The minimum atomic E-state index is 0.944. The van der Waals surface area contributed by atoms with Gasteiger partial charge in [0, 0.05) is 51.9 Å². The average Bonchev–Trinajstić information content (AvgIpc) is 3.24. The number of anilines is 3. The molecular formula is C17H28N6. The zero-order valence-corrected chi connectivity index (χ0v) is 14.0. The number of rotatable bonds is 3. The fourth-order valence-corrected chi connectivity index (χ4v) is 3.81. The van der Waals surface area contributed by atoms with Crippen molar-refractivity contribution in [2.45, 2.75) is 32.1 Å². The first-order chi connectivity index (χ1) is 11.4. The standard InChI is InChI=1S/C17H28N6/c1-2-9-21(8-1)15-14-16(22-12-5-6-18-7-13-22)20-17(19-15)23-10-3-4-11-23/h14,18H,1-13H2. The lowest BCUT2D eigenvalue weighted by atomic mass is 10.3. The molecule has 1 N–H and O–H groups in total. The Morgan fingerprint density at radius 1 is 0.652 bits per heavy atom. The second kappa shape index (κ2) is 6.91. The summed E-state index contributed by atoms with van der Waals surface area (Å²) in [7, 11) is 0. The van der Waals surface area contributed by atoms with Crippen molar-refractivity contribution >= 4 is 17.6 Å². The largest absolute Gasteiger partial charge is 0.356 e. The molecule has 6 heteroatoms. The number of hydrogen-bond acceptors (Lipinski definition) is 6. The van der Waals surface area contributed by atoms with Crippen LogP contribution in [0.5, 0.6) is 0 Å². The highest BCUT2D eigenvalue weighted by Crippen LogP contribution is 2.27. The van der Waals surface area contributed by atoms with Crippen molar-refractivity contribution in [3.05, 3.63) is 6.07 Å². The molecule has 0 bridgehead atoms. The molecule has 4 rings (SSSR count). The molecule has 0 radical (unpaired) electrons. The number of nitrogens with zero attached hydrogens (tertiary/aromatic N) is 5. The van der Waals surface area contributed by atoms with E-state index in [-0.39, 0.29) is 0 Å². The Balaban J connectivity index is 1.65. The molecule has 3 fully saturated rings. The zero-order chi connectivity index (χ0) is 15.5. The van der Waals surface area contributed by atoms with Crippen LogP contribution < -0.4 is 20.0 Å². The van der Waals surface area contributed by atoms with E-state index in [1.54, 1.807) is 0 Å². The van der Waals surface area contributed by atoms with Crippen molar-refractivity contribution in [1.82, 2.24) is 15.3 Å². The minimum absolute atomic E-state index is 0.944. The van der Waals surface area contributed by atoms with Crippen LogP contribution in [0.2, 0.25) is 0 Å². The topological polar surface area (TPSA) is 47.5 Å². The fourth-order valence-electron chi connectivity index (χ4n) is 3.81. The van der Waals surface area contributed by atoms with Crippen LogP contribution >= 0.6 is 0 Å². The molecule has 0 atom stereocenters. The van der Waals surface area contributed by atoms with Crippen molar-refractivity contribution in [2.24, 2.45) is 0 Å². The van der Waals surface area contributed by atoms with Crippen molar-refractivity contribution in [3.63, 3.8) is 0 Å². The summed E-state index contributed by atoms with van der Waals surface area (Å²) in [5, 5.41) is 3.48. The second-order valence-electron chi connectivity index (χ2n) is 6.86. The van der Waals surface area contributed by atoms with Gasteiger partial charge < -0.3 is 20.0 Å². The summed E-state index contributed by atoms with van der Waals surface area (Å²) in [5.41, 5.74) is 0. The summed E-state index contributed by atoms with van der Waals surface area (Å²) in [4.78, 5) is 17.1. The van der Waals surface area contributed by atoms with Crippen LogP contribution in [0.25, 0.3) is 0 Å². The maximum Gasteiger partial charge on any atom is 0.229 e. The molecule has 6 nitrogen and oxygen atoms in total.